The second-order valence-corrected chi connectivity index (χ2v) is 9.62. The van der Waals surface area contributed by atoms with Crippen LogP contribution in [0.4, 0.5) is 0 Å². The Morgan fingerprint density at radius 3 is 2.45 bits per heavy atom. The first-order valence-corrected chi connectivity index (χ1v) is 9.44. The van der Waals surface area contributed by atoms with Crippen molar-refractivity contribution in [1.82, 2.24) is 9.71 Å². The van der Waals surface area contributed by atoms with Crippen LogP contribution < -0.4 is 4.72 Å². The van der Waals surface area contributed by atoms with Crippen molar-refractivity contribution >= 4 is 20.8 Å². The highest BCUT2D eigenvalue weighted by Gasteiger charge is 2.23. The average Bonchev–Trinajstić information content (AvgIpc) is 2.33. The quantitative estimate of drug-likeness (QED) is 0.901. The molecule has 0 bridgehead atoms. The van der Waals surface area contributed by atoms with Crippen molar-refractivity contribution in [3.63, 3.8) is 0 Å². The second kappa shape index (κ2) is 6.32. The maximum atomic E-state index is 12.2. The van der Waals surface area contributed by atoms with Gasteiger partial charge in [0, 0.05) is 18.5 Å². The number of nitrogens with one attached hydrogen (secondary N) is 1. The summed E-state index contributed by atoms with van der Waals surface area (Å²) >= 11 is 0. The number of nitrogens with zero attached hydrogens (tertiary/aromatic N) is 1. The van der Waals surface area contributed by atoms with Crippen molar-refractivity contribution in [3.8, 4) is 0 Å². The number of hydrogen-bond donors (Lipinski definition) is 1. The van der Waals surface area contributed by atoms with Gasteiger partial charge in [0.2, 0.25) is 0 Å². The Morgan fingerprint density at radius 2 is 2.00 bits per heavy atom. The lowest BCUT2D eigenvalue weighted by Gasteiger charge is -2.23. The molecule has 1 N–H and O–H groups in total. The van der Waals surface area contributed by atoms with Gasteiger partial charge in [-0.25, -0.2) is 22.3 Å². The van der Waals surface area contributed by atoms with Gasteiger partial charge in [-0.2, -0.15) is 0 Å². The molecule has 7 heteroatoms. The third kappa shape index (κ3) is 4.64. The van der Waals surface area contributed by atoms with Crippen LogP contribution in [0.5, 0.6) is 0 Å². The molecule has 0 saturated carbocycles. The van der Waals surface area contributed by atoms with E-state index in [0.29, 0.717) is 6.42 Å². The topological polar surface area (TPSA) is 76.1 Å². The van der Waals surface area contributed by atoms with Gasteiger partial charge >= 0.3 is 0 Å². The summed E-state index contributed by atoms with van der Waals surface area (Å²) in [7, 11) is -4.55. The molecule has 1 rings (SSSR count). The Balaban J connectivity index is 3.05. The number of sulfone groups is 1. The fraction of sp³-hybridized carbons (Fsp3) is 0.615. The Hall–Kier alpha value is -0.790. The van der Waals surface area contributed by atoms with Crippen LogP contribution in [0.2, 0.25) is 0 Å². The van der Waals surface area contributed by atoms with Gasteiger partial charge in [-0.3, -0.25) is 0 Å². The minimum Gasteiger partial charge on any atom is -0.245 e. The van der Waals surface area contributed by atoms with Crippen molar-refractivity contribution in [2.75, 3.05) is 6.26 Å². The van der Waals surface area contributed by atoms with Crippen LogP contribution in [0.3, 0.4) is 0 Å². The molecule has 5 nitrogen and oxygen atoms in total. The van der Waals surface area contributed by atoms with E-state index in [2.05, 4.69) is 9.71 Å². The Morgan fingerprint density at radius 1 is 1.40 bits per heavy atom. The largest absolute Gasteiger partial charge is 0.245 e. The monoisotopic (exact) mass is 318 g/mol. The lowest BCUT2D eigenvalue weighted by Crippen LogP contribution is -2.35. The van der Waals surface area contributed by atoms with Crippen molar-refractivity contribution < 1.29 is 12.6 Å². The summed E-state index contributed by atoms with van der Waals surface area (Å²) in [6.45, 7) is 7.62. The van der Waals surface area contributed by atoms with Crippen molar-refractivity contribution in [2.45, 2.75) is 49.9 Å². The molecule has 1 heterocycles. The van der Waals surface area contributed by atoms with E-state index in [4.69, 9.17) is 0 Å². The van der Waals surface area contributed by atoms with Gasteiger partial charge in [0.15, 0.2) is 14.9 Å². The maximum absolute atomic E-state index is 12.2. The standard InChI is InChI=1S/C13H22N2O3S2/c1-6-11(15-19(16)13(2,3)4)10-7-8-14-12(9-10)20(5,17)18/h7-9,11,15H,6H2,1-5H3/t11?,19-/m0/s1. The number of rotatable bonds is 5. The molecule has 0 saturated heterocycles. The van der Waals surface area contributed by atoms with Crippen LogP contribution in [0.15, 0.2) is 23.4 Å². The minimum absolute atomic E-state index is 0.0387. The average molecular weight is 318 g/mol. The summed E-state index contributed by atoms with van der Waals surface area (Å²) in [6, 6.07) is 3.12. The summed E-state index contributed by atoms with van der Waals surface area (Å²) in [5.41, 5.74) is 0.778. The highest BCUT2D eigenvalue weighted by Crippen LogP contribution is 2.21. The van der Waals surface area contributed by atoms with Gasteiger partial charge in [-0.1, -0.05) is 6.92 Å². The first kappa shape index (κ1) is 17.3. The van der Waals surface area contributed by atoms with Gasteiger partial charge in [-0.05, 0) is 44.9 Å². The highest BCUT2D eigenvalue weighted by atomic mass is 32.2. The van der Waals surface area contributed by atoms with Gasteiger partial charge in [0.05, 0.1) is 15.7 Å². The van der Waals surface area contributed by atoms with Crippen molar-refractivity contribution in [2.24, 2.45) is 0 Å². The third-order valence-corrected chi connectivity index (χ3v) is 5.35. The second-order valence-electron chi connectivity index (χ2n) is 5.66. The number of hydrogen-bond acceptors (Lipinski definition) is 4. The van der Waals surface area contributed by atoms with E-state index in [-0.39, 0.29) is 15.8 Å². The summed E-state index contributed by atoms with van der Waals surface area (Å²) in [4.78, 5) is 3.86. The van der Waals surface area contributed by atoms with Crippen LogP contribution in [-0.2, 0) is 20.8 Å². The summed E-state index contributed by atoms with van der Waals surface area (Å²) in [5, 5.41) is 0.0387. The maximum Gasteiger partial charge on any atom is 0.192 e. The van der Waals surface area contributed by atoms with Gasteiger partial charge in [-0.15, -0.1) is 0 Å². The van der Waals surface area contributed by atoms with Crippen LogP contribution in [0, 0.1) is 0 Å². The summed E-state index contributed by atoms with van der Waals surface area (Å²) in [6.07, 6.45) is 3.30. The molecule has 0 aliphatic carbocycles. The van der Waals surface area contributed by atoms with Gasteiger partial charge < -0.3 is 0 Å². The lowest BCUT2D eigenvalue weighted by atomic mass is 10.1. The van der Waals surface area contributed by atoms with E-state index < -0.39 is 20.8 Å². The van der Waals surface area contributed by atoms with E-state index >= 15 is 0 Å². The molecule has 0 radical (unpaired) electrons. The zero-order valence-corrected chi connectivity index (χ0v) is 14.1. The van der Waals surface area contributed by atoms with Crippen molar-refractivity contribution in [1.29, 1.82) is 0 Å². The molecule has 0 aliphatic heterocycles. The smallest absolute Gasteiger partial charge is 0.192 e. The van der Waals surface area contributed by atoms with Crippen LogP contribution in [0.25, 0.3) is 0 Å². The molecular formula is C13H22N2O3S2. The first-order valence-electron chi connectivity index (χ1n) is 6.39. The molecule has 20 heavy (non-hydrogen) atoms. The fourth-order valence-electron chi connectivity index (χ4n) is 1.54. The SMILES string of the molecule is CCC(N[S@@](=O)C(C)(C)C)c1ccnc(S(C)(=O)=O)c1. The Kier molecular flexibility index (Phi) is 5.46. The zero-order chi connectivity index (χ0) is 15.6. The molecule has 1 aromatic rings. The lowest BCUT2D eigenvalue weighted by molar-refractivity contribution is 0.584. The zero-order valence-electron chi connectivity index (χ0n) is 12.5. The predicted molar refractivity (Wildman–Crippen MR) is 81.4 cm³/mol. The summed E-state index contributed by atoms with van der Waals surface area (Å²) in [5.74, 6) is 0. The van der Waals surface area contributed by atoms with E-state index in [0.717, 1.165) is 11.8 Å². The van der Waals surface area contributed by atoms with E-state index in [1.165, 1.54) is 12.3 Å². The molecule has 0 amide bonds. The molecular weight excluding hydrogens is 296 g/mol. The minimum atomic E-state index is -3.34. The molecule has 0 aliphatic rings. The molecule has 114 valence electrons. The van der Waals surface area contributed by atoms with E-state index in [9.17, 15) is 12.6 Å². The van der Waals surface area contributed by atoms with Crippen LogP contribution in [0.1, 0.15) is 45.7 Å². The van der Waals surface area contributed by atoms with E-state index in [1.807, 2.05) is 27.7 Å². The first-order chi connectivity index (χ1) is 9.05. The molecule has 1 aromatic heterocycles. The van der Waals surface area contributed by atoms with Crippen LogP contribution >= 0.6 is 0 Å². The third-order valence-electron chi connectivity index (χ3n) is 2.75. The molecule has 0 aromatic carbocycles. The van der Waals surface area contributed by atoms with Crippen molar-refractivity contribution in [3.05, 3.63) is 23.9 Å². The van der Waals surface area contributed by atoms with E-state index in [1.54, 1.807) is 6.07 Å². The fourth-order valence-corrected chi connectivity index (χ4v) is 3.05. The number of pyridine rings is 1. The van der Waals surface area contributed by atoms with Gasteiger partial charge in [0.25, 0.3) is 0 Å². The molecule has 1 unspecified atom stereocenters. The van der Waals surface area contributed by atoms with Gasteiger partial charge in [0.1, 0.15) is 0 Å². The molecule has 0 fully saturated rings. The Bertz CT molecular complexity index is 592. The normalized spacial score (nSPS) is 15.8. The Labute approximate surface area is 123 Å². The number of aromatic nitrogens is 1. The molecule has 0 spiro atoms. The summed E-state index contributed by atoms with van der Waals surface area (Å²) < 4.78 is 37.9. The molecule has 2 atom stereocenters. The predicted octanol–water partition coefficient (Wildman–Crippen LogP) is 1.99. The van der Waals surface area contributed by atoms with Crippen LogP contribution in [-0.4, -0.2) is 28.6 Å². The highest BCUT2D eigenvalue weighted by molar-refractivity contribution is 7.90.